The van der Waals surface area contributed by atoms with Crippen molar-refractivity contribution in [2.24, 2.45) is 5.92 Å². The summed E-state index contributed by atoms with van der Waals surface area (Å²) in [5.41, 5.74) is 1.83. The number of benzene rings is 1. The second kappa shape index (κ2) is 11.0. The molecule has 0 aliphatic heterocycles. The van der Waals surface area contributed by atoms with Gasteiger partial charge in [0, 0.05) is 31.8 Å². The van der Waals surface area contributed by atoms with Crippen LogP contribution in [0, 0.1) is 16.0 Å². The second-order valence-electron chi connectivity index (χ2n) is 7.92. The lowest BCUT2D eigenvalue weighted by molar-refractivity contribution is -0.384. The quantitative estimate of drug-likeness (QED) is 0.259. The summed E-state index contributed by atoms with van der Waals surface area (Å²) in [5, 5.41) is 11.9. The first-order valence-electron chi connectivity index (χ1n) is 10.2. The molecule has 7 heteroatoms. The van der Waals surface area contributed by atoms with Crippen molar-refractivity contribution in [2.45, 2.75) is 52.0 Å². The van der Waals surface area contributed by atoms with Crippen LogP contribution in [0.25, 0.3) is 5.57 Å². The number of hydrogen-bond donors (Lipinski definition) is 0. The fourth-order valence-electron chi connectivity index (χ4n) is 3.91. The normalized spacial score (nSPS) is 15.4. The molecule has 0 heterocycles. The van der Waals surface area contributed by atoms with E-state index in [2.05, 4.69) is 18.7 Å². The van der Waals surface area contributed by atoms with Gasteiger partial charge in [-0.2, -0.15) is 0 Å². The van der Waals surface area contributed by atoms with E-state index in [1.165, 1.54) is 26.7 Å². The number of nitrogens with zero attached hydrogens (tertiary/aromatic N) is 2. The molecule has 0 saturated heterocycles. The van der Waals surface area contributed by atoms with Gasteiger partial charge in [-0.1, -0.05) is 39.2 Å². The van der Waals surface area contributed by atoms with Crippen LogP contribution < -0.4 is 4.90 Å². The van der Waals surface area contributed by atoms with E-state index < -0.39 is 5.97 Å². The average Bonchev–Trinajstić information content (AvgIpc) is 2.71. The lowest BCUT2D eigenvalue weighted by Gasteiger charge is -2.37. The van der Waals surface area contributed by atoms with Crippen LogP contribution in [0.3, 0.4) is 0 Å². The lowest BCUT2D eigenvalue weighted by atomic mass is 9.92. The minimum absolute atomic E-state index is 0.0561. The topological polar surface area (TPSA) is 81.9 Å². The first-order chi connectivity index (χ1) is 13.9. The summed E-state index contributed by atoms with van der Waals surface area (Å²) in [5.74, 6) is -0.133. The average molecular weight is 405 g/mol. The molecule has 1 aliphatic carbocycles. The van der Waals surface area contributed by atoms with E-state index in [1.807, 2.05) is 12.1 Å². The van der Waals surface area contributed by atoms with Crippen LogP contribution in [-0.4, -0.2) is 44.3 Å². The van der Waals surface area contributed by atoms with Crippen molar-refractivity contribution in [3.8, 4) is 0 Å². The van der Waals surface area contributed by atoms with Gasteiger partial charge in [0.1, 0.15) is 5.69 Å². The molecule has 0 bridgehead atoms. The Morgan fingerprint density at radius 1 is 1.28 bits per heavy atom. The summed E-state index contributed by atoms with van der Waals surface area (Å²) in [6.45, 7) is 5.19. The molecule has 1 saturated carbocycles. The van der Waals surface area contributed by atoms with Crippen LogP contribution in [-0.2, 0) is 14.3 Å². The van der Waals surface area contributed by atoms with Gasteiger partial charge >= 0.3 is 5.97 Å². The number of carbonyl (C=O) groups is 1. The van der Waals surface area contributed by atoms with Crippen LogP contribution in [0.15, 0.2) is 24.3 Å². The molecule has 0 radical (unpaired) electrons. The minimum Gasteiger partial charge on any atom is -0.466 e. The molecule has 2 rings (SSSR count). The van der Waals surface area contributed by atoms with Gasteiger partial charge in [0.05, 0.1) is 18.6 Å². The monoisotopic (exact) mass is 404 g/mol. The van der Waals surface area contributed by atoms with E-state index in [0.29, 0.717) is 28.8 Å². The number of rotatable bonds is 9. The number of methoxy groups -OCH3 is 2. The van der Waals surface area contributed by atoms with E-state index in [1.54, 1.807) is 6.07 Å². The van der Waals surface area contributed by atoms with Crippen molar-refractivity contribution in [3.05, 3.63) is 40.0 Å². The highest BCUT2D eigenvalue weighted by Crippen LogP contribution is 2.36. The van der Waals surface area contributed by atoms with Crippen LogP contribution in [0.5, 0.6) is 0 Å². The number of nitro groups is 1. The third-order valence-corrected chi connectivity index (χ3v) is 5.22. The maximum Gasteiger partial charge on any atom is 0.330 e. The Morgan fingerprint density at radius 3 is 2.52 bits per heavy atom. The first-order valence-corrected chi connectivity index (χ1v) is 10.2. The number of hydrogen-bond acceptors (Lipinski definition) is 6. The van der Waals surface area contributed by atoms with Gasteiger partial charge in [-0.15, -0.1) is 0 Å². The highest BCUT2D eigenvalue weighted by molar-refractivity contribution is 5.92. The van der Waals surface area contributed by atoms with Crippen LogP contribution >= 0.6 is 0 Å². The van der Waals surface area contributed by atoms with Crippen molar-refractivity contribution in [2.75, 3.05) is 32.3 Å². The molecule has 0 unspecified atom stereocenters. The molecule has 0 aromatic heterocycles. The smallest absolute Gasteiger partial charge is 0.330 e. The molecule has 0 spiro atoms. The Morgan fingerprint density at radius 2 is 1.97 bits per heavy atom. The molecule has 0 atom stereocenters. The molecule has 7 nitrogen and oxygen atoms in total. The fraction of sp³-hybridized carbons (Fsp3) is 0.591. The molecule has 1 aliphatic rings. The number of esters is 1. The second-order valence-corrected chi connectivity index (χ2v) is 7.92. The van der Waals surface area contributed by atoms with Gasteiger partial charge < -0.3 is 14.4 Å². The molecule has 0 N–H and O–H groups in total. The zero-order valence-electron chi connectivity index (χ0n) is 17.8. The SMILES string of the molecule is COCC(=CC(=O)OC)c1ccc(N(CC(C)C)C2CCCCC2)c([N+](=O)[O-])c1. The highest BCUT2D eigenvalue weighted by atomic mass is 16.6. The van der Waals surface area contributed by atoms with Crippen molar-refractivity contribution < 1.29 is 19.2 Å². The Labute approximate surface area is 172 Å². The third kappa shape index (κ3) is 6.29. The molecule has 0 amide bonds. The molecular weight excluding hydrogens is 372 g/mol. The minimum atomic E-state index is -0.521. The van der Waals surface area contributed by atoms with Gasteiger partial charge in [0.25, 0.3) is 5.69 Å². The van der Waals surface area contributed by atoms with Gasteiger partial charge in [0.2, 0.25) is 0 Å². The summed E-state index contributed by atoms with van der Waals surface area (Å²) in [6, 6.07) is 5.50. The van der Waals surface area contributed by atoms with Crippen LogP contribution in [0.4, 0.5) is 11.4 Å². The fourth-order valence-corrected chi connectivity index (χ4v) is 3.91. The number of anilines is 1. The van der Waals surface area contributed by atoms with E-state index >= 15 is 0 Å². The number of carbonyl (C=O) groups excluding carboxylic acids is 1. The van der Waals surface area contributed by atoms with Crippen molar-refractivity contribution in [1.29, 1.82) is 0 Å². The summed E-state index contributed by atoms with van der Waals surface area (Å²) in [4.78, 5) is 25.5. The Bertz CT molecular complexity index is 739. The molecule has 1 aromatic carbocycles. The summed E-state index contributed by atoms with van der Waals surface area (Å²) < 4.78 is 9.87. The Kier molecular flexibility index (Phi) is 8.64. The summed E-state index contributed by atoms with van der Waals surface area (Å²) in [6.07, 6.45) is 6.97. The molecule has 1 aromatic rings. The number of ether oxygens (including phenoxy) is 2. The van der Waals surface area contributed by atoms with E-state index in [9.17, 15) is 14.9 Å². The molecule has 160 valence electrons. The molecular formula is C22H32N2O5. The van der Waals surface area contributed by atoms with Gasteiger partial charge in [-0.25, -0.2) is 4.79 Å². The van der Waals surface area contributed by atoms with Crippen LogP contribution in [0.1, 0.15) is 51.5 Å². The van der Waals surface area contributed by atoms with E-state index in [0.717, 1.165) is 32.2 Å². The zero-order chi connectivity index (χ0) is 21.4. The largest absolute Gasteiger partial charge is 0.466 e. The van der Waals surface area contributed by atoms with Gasteiger partial charge in [-0.05, 0) is 36.0 Å². The van der Waals surface area contributed by atoms with E-state index in [-0.39, 0.29) is 17.2 Å². The summed E-state index contributed by atoms with van der Waals surface area (Å²) >= 11 is 0. The molecule has 1 fully saturated rings. The lowest BCUT2D eigenvalue weighted by Crippen LogP contribution is -2.39. The maximum absolute atomic E-state index is 11.9. The predicted octanol–water partition coefficient (Wildman–Crippen LogP) is 4.59. The maximum atomic E-state index is 11.9. The predicted molar refractivity (Wildman–Crippen MR) is 114 cm³/mol. The Balaban J connectivity index is 2.49. The Hall–Kier alpha value is -2.41. The van der Waals surface area contributed by atoms with Gasteiger partial charge in [0.15, 0.2) is 0 Å². The third-order valence-electron chi connectivity index (χ3n) is 5.22. The zero-order valence-corrected chi connectivity index (χ0v) is 17.8. The molecule has 29 heavy (non-hydrogen) atoms. The highest BCUT2D eigenvalue weighted by Gasteiger charge is 2.28. The van der Waals surface area contributed by atoms with Crippen molar-refractivity contribution in [3.63, 3.8) is 0 Å². The van der Waals surface area contributed by atoms with E-state index in [4.69, 9.17) is 9.47 Å². The standard InChI is InChI=1S/C22H32N2O5/c1-16(2)14-23(19-8-6-5-7-9-19)20-11-10-17(12-21(20)24(26)27)18(15-28-3)13-22(25)29-4/h10-13,16,19H,5-9,14-15H2,1-4H3. The van der Waals surface area contributed by atoms with Gasteiger partial charge in [-0.3, -0.25) is 10.1 Å². The van der Waals surface area contributed by atoms with Crippen LogP contribution in [0.2, 0.25) is 0 Å². The van der Waals surface area contributed by atoms with Crippen molar-refractivity contribution in [1.82, 2.24) is 0 Å². The summed E-state index contributed by atoms with van der Waals surface area (Å²) in [7, 11) is 2.81. The number of nitro benzene ring substituents is 1. The van der Waals surface area contributed by atoms with Crippen molar-refractivity contribution >= 4 is 22.9 Å². The first kappa shape index (κ1) is 22.9.